The zero-order valence-electron chi connectivity index (χ0n) is 30.2. The Bertz CT molecular complexity index is 2130. The molecule has 0 radical (unpaired) electrons. The Balaban J connectivity index is 1.42. The zero-order valence-corrected chi connectivity index (χ0v) is 31.7. The number of aromatic nitrogens is 2. The highest BCUT2D eigenvalue weighted by Gasteiger charge is 2.42. The lowest BCUT2D eigenvalue weighted by molar-refractivity contribution is -0.121. The summed E-state index contributed by atoms with van der Waals surface area (Å²) in [6.07, 6.45) is 0.866. The van der Waals surface area contributed by atoms with Crippen molar-refractivity contribution in [2.45, 2.75) is 57.7 Å². The number of carbonyl (C=O) groups excluding carboxylic acids is 2. The highest BCUT2D eigenvalue weighted by atomic mass is 35.5. The molecule has 5 aromatic carbocycles. The maximum Gasteiger partial charge on any atom is 0.410 e. The number of nitrogens with zero attached hydrogens (tertiary/aromatic N) is 3. The molecule has 1 aliphatic rings. The number of likely N-dealkylation sites (tertiary alicyclic amines) is 1. The number of nitrogens with one attached hydrogen (secondary N) is 1. The third-order valence-corrected chi connectivity index (χ3v) is 10.6. The fourth-order valence-corrected chi connectivity index (χ4v) is 8.03. The molecule has 0 spiro atoms. The molecular formula is C44H42Cl2N4O3. The number of ether oxygens (including phenoxy) is 1. The van der Waals surface area contributed by atoms with Gasteiger partial charge in [0.05, 0.1) is 11.4 Å². The van der Waals surface area contributed by atoms with Crippen LogP contribution < -0.4 is 5.32 Å². The topological polar surface area (TPSA) is 76.5 Å². The van der Waals surface area contributed by atoms with E-state index in [9.17, 15) is 9.59 Å². The minimum atomic E-state index is -0.942. The highest BCUT2D eigenvalue weighted by molar-refractivity contribution is 6.39. The van der Waals surface area contributed by atoms with Crippen LogP contribution in [0.15, 0.2) is 127 Å². The number of halogens is 2. The number of anilines is 1. The summed E-state index contributed by atoms with van der Waals surface area (Å²) >= 11 is 13.5. The number of rotatable bonds is 7. The minimum absolute atomic E-state index is 0.0555. The van der Waals surface area contributed by atoms with Gasteiger partial charge in [0.25, 0.3) is 0 Å². The number of amides is 2. The van der Waals surface area contributed by atoms with E-state index >= 15 is 0 Å². The van der Waals surface area contributed by atoms with Gasteiger partial charge in [-0.3, -0.25) is 4.79 Å². The van der Waals surface area contributed by atoms with Gasteiger partial charge in [0.1, 0.15) is 11.1 Å². The molecule has 6 aromatic rings. The molecule has 1 fully saturated rings. The van der Waals surface area contributed by atoms with Gasteiger partial charge in [0, 0.05) is 33.6 Å². The maximum atomic E-state index is 14.3. The van der Waals surface area contributed by atoms with Crippen molar-refractivity contribution in [2.75, 3.05) is 11.9 Å². The summed E-state index contributed by atoms with van der Waals surface area (Å²) in [6.45, 7) is 7.76. The third kappa shape index (κ3) is 7.04. The monoisotopic (exact) mass is 744 g/mol. The highest BCUT2D eigenvalue weighted by Crippen LogP contribution is 2.45. The Morgan fingerprint density at radius 2 is 1.30 bits per heavy atom. The Morgan fingerprint density at radius 1 is 0.755 bits per heavy atom. The standard InChI is InChI=1S/C44H42Cl2N4O3/c1-29-23-24-31(28-49(29)42(52)53-43(2,3)4)41(51)47-40-35-27-30(39-36(45)21-14-22-37(39)46)25-26-38(35)50(48-40)44(32-15-8-5-9-16-32,33-17-10-6-11-18-33)34-19-12-7-13-20-34/h5-22,25-27,29,31H,23-24,28H2,1-4H3,(H,47,48,51)/t29-,31-/m1/s1. The number of benzene rings is 5. The molecule has 2 amide bonds. The maximum absolute atomic E-state index is 14.3. The summed E-state index contributed by atoms with van der Waals surface area (Å²) in [6, 6.07) is 42.2. The van der Waals surface area contributed by atoms with Crippen LogP contribution in [0, 0.1) is 5.92 Å². The van der Waals surface area contributed by atoms with E-state index in [1.165, 1.54) is 0 Å². The average molecular weight is 746 g/mol. The van der Waals surface area contributed by atoms with Crippen molar-refractivity contribution in [2.24, 2.45) is 5.92 Å². The number of carbonyl (C=O) groups is 2. The summed E-state index contributed by atoms with van der Waals surface area (Å²) < 4.78 is 7.73. The molecule has 2 atom stereocenters. The van der Waals surface area contributed by atoms with Gasteiger partial charge >= 0.3 is 6.09 Å². The number of piperidine rings is 1. The van der Waals surface area contributed by atoms with E-state index < -0.39 is 23.2 Å². The van der Waals surface area contributed by atoms with Crippen LogP contribution in [0.4, 0.5) is 10.6 Å². The normalized spacial score (nSPS) is 16.4. The fourth-order valence-electron chi connectivity index (χ4n) is 7.41. The first-order chi connectivity index (χ1) is 25.5. The van der Waals surface area contributed by atoms with Crippen molar-refractivity contribution < 1.29 is 14.3 Å². The Labute approximate surface area is 320 Å². The lowest BCUT2D eigenvalue weighted by atomic mass is 9.77. The van der Waals surface area contributed by atoms with E-state index in [0.29, 0.717) is 39.7 Å². The Morgan fingerprint density at radius 3 is 1.83 bits per heavy atom. The molecule has 7 nitrogen and oxygen atoms in total. The molecule has 7 rings (SSSR count). The van der Waals surface area contributed by atoms with Gasteiger partial charge in [0.2, 0.25) is 5.91 Å². The molecule has 0 bridgehead atoms. The Hall–Kier alpha value is -5.11. The predicted molar refractivity (Wildman–Crippen MR) is 214 cm³/mol. The molecule has 1 aliphatic heterocycles. The van der Waals surface area contributed by atoms with Crippen molar-refractivity contribution in [3.63, 3.8) is 0 Å². The molecule has 0 aliphatic carbocycles. The lowest BCUT2D eigenvalue weighted by Gasteiger charge is -2.38. The van der Waals surface area contributed by atoms with Gasteiger partial charge in [0.15, 0.2) is 5.82 Å². The van der Waals surface area contributed by atoms with Crippen LogP contribution in [-0.2, 0) is 15.1 Å². The molecule has 2 heterocycles. The summed E-state index contributed by atoms with van der Waals surface area (Å²) in [7, 11) is 0. The first kappa shape index (κ1) is 36.3. The van der Waals surface area contributed by atoms with Crippen molar-refractivity contribution in [1.29, 1.82) is 0 Å². The van der Waals surface area contributed by atoms with Crippen LogP contribution in [0.25, 0.3) is 22.0 Å². The minimum Gasteiger partial charge on any atom is -0.444 e. The smallest absolute Gasteiger partial charge is 0.410 e. The summed E-state index contributed by atoms with van der Waals surface area (Å²) in [5.41, 5.74) is 3.65. The van der Waals surface area contributed by atoms with Gasteiger partial charge < -0.3 is 15.0 Å². The number of hydrogen-bond acceptors (Lipinski definition) is 4. The van der Waals surface area contributed by atoms with E-state index in [0.717, 1.165) is 27.8 Å². The first-order valence-electron chi connectivity index (χ1n) is 17.9. The molecule has 0 saturated carbocycles. The van der Waals surface area contributed by atoms with Crippen molar-refractivity contribution in [3.8, 4) is 11.1 Å². The van der Waals surface area contributed by atoms with Crippen molar-refractivity contribution >= 4 is 51.9 Å². The summed E-state index contributed by atoms with van der Waals surface area (Å²) in [5.74, 6) is -0.296. The molecule has 9 heteroatoms. The zero-order chi connectivity index (χ0) is 37.3. The molecule has 1 saturated heterocycles. The SMILES string of the molecule is C[C@@H]1CC[C@@H](C(=O)Nc2nn(C(c3ccccc3)(c3ccccc3)c3ccccc3)c3ccc(-c4c(Cl)cccc4Cl)cc23)CN1C(=O)OC(C)(C)C. The molecular weight excluding hydrogens is 703 g/mol. The molecule has 53 heavy (non-hydrogen) atoms. The molecule has 270 valence electrons. The van der Waals surface area contributed by atoms with Crippen LogP contribution in [-0.4, -0.2) is 44.9 Å². The van der Waals surface area contributed by atoms with Crippen LogP contribution in [0.2, 0.25) is 10.0 Å². The molecule has 1 aromatic heterocycles. The number of hydrogen-bond donors (Lipinski definition) is 1. The van der Waals surface area contributed by atoms with Crippen LogP contribution >= 0.6 is 23.2 Å². The van der Waals surface area contributed by atoms with Crippen LogP contribution in [0.5, 0.6) is 0 Å². The summed E-state index contributed by atoms with van der Waals surface area (Å²) in [5, 5.41) is 10.3. The van der Waals surface area contributed by atoms with E-state index in [4.69, 9.17) is 33.0 Å². The second-order valence-corrected chi connectivity index (χ2v) is 15.5. The van der Waals surface area contributed by atoms with Gasteiger partial charge in [-0.05, 0) is 87.1 Å². The second kappa shape index (κ2) is 14.7. The van der Waals surface area contributed by atoms with E-state index in [-0.39, 0.29) is 18.5 Å². The second-order valence-electron chi connectivity index (χ2n) is 14.6. The third-order valence-electron chi connectivity index (χ3n) is 9.95. The van der Waals surface area contributed by atoms with Crippen molar-refractivity contribution in [1.82, 2.24) is 14.7 Å². The van der Waals surface area contributed by atoms with Crippen molar-refractivity contribution in [3.05, 3.63) is 154 Å². The largest absolute Gasteiger partial charge is 0.444 e. The predicted octanol–water partition coefficient (Wildman–Crippen LogP) is 10.8. The van der Waals surface area contributed by atoms with Gasteiger partial charge in [-0.15, -0.1) is 0 Å². The van der Waals surface area contributed by atoms with E-state index in [2.05, 4.69) is 41.7 Å². The molecule has 0 unspecified atom stereocenters. The van der Waals surface area contributed by atoms with Crippen LogP contribution in [0.3, 0.4) is 0 Å². The van der Waals surface area contributed by atoms with Gasteiger partial charge in [-0.1, -0.05) is 126 Å². The van der Waals surface area contributed by atoms with Gasteiger partial charge in [-0.2, -0.15) is 5.10 Å². The quantitative estimate of drug-likeness (QED) is 0.165. The van der Waals surface area contributed by atoms with Crippen LogP contribution in [0.1, 0.15) is 57.2 Å². The van der Waals surface area contributed by atoms with E-state index in [1.807, 2.05) is 123 Å². The Kier molecular flexibility index (Phi) is 10.1. The average Bonchev–Trinajstić information content (AvgIpc) is 3.50. The van der Waals surface area contributed by atoms with E-state index in [1.54, 1.807) is 4.90 Å². The first-order valence-corrected chi connectivity index (χ1v) is 18.7. The summed E-state index contributed by atoms with van der Waals surface area (Å²) in [4.78, 5) is 29.2. The molecule has 1 N–H and O–H groups in total. The number of fused-ring (bicyclic) bond motifs is 1. The van der Waals surface area contributed by atoms with Gasteiger partial charge in [-0.25, -0.2) is 9.48 Å². The fraction of sp³-hybridized carbons (Fsp3) is 0.250. The lowest BCUT2D eigenvalue weighted by Crippen LogP contribution is -2.49.